The maximum Gasteiger partial charge on any atom is 0.326 e. The van der Waals surface area contributed by atoms with Gasteiger partial charge in [-0.15, -0.1) is 0 Å². The van der Waals surface area contributed by atoms with E-state index in [9.17, 15) is 4.79 Å². The number of nitrogens with zero attached hydrogens (tertiary/aromatic N) is 3. The Labute approximate surface area is 204 Å². The zero-order chi connectivity index (χ0) is 24.4. The number of urea groups is 1. The van der Waals surface area contributed by atoms with E-state index in [0.29, 0.717) is 18.3 Å². The van der Waals surface area contributed by atoms with Crippen LogP contribution in [0.25, 0.3) is 17.0 Å². The first-order chi connectivity index (χ1) is 17.0. The highest BCUT2D eigenvalue weighted by atomic mass is 16.5. The first kappa shape index (κ1) is 22.4. The summed E-state index contributed by atoms with van der Waals surface area (Å²) >= 11 is 0. The van der Waals surface area contributed by atoms with Crippen LogP contribution in [0.4, 0.5) is 10.5 Å². The molecule has 4 aromatic rings. The summed E-state index contributed by atoms with van der Waals surface area (Å²) in [7, 11) is 0. The van der Waals surface area contributed by atoms with E-state index in [1.165, 1.54) is 0 Å². The lowest BCUT2D eigenvalue weighted by Crippen LogP contribution is -2.46. The first-order valence-electron chi connectivity index (χ1n) is 11.6. The molecule has 7 heteroatoms. The van der Waals surface area contributed by atoms with E-state index in [-0.39, 0.29) is 6.03 Å². The fourth-order valence-corrected chi connectivity index (χ4v) is 4.31. The van der Waals surface area contributed by atoms with Crippen LogP contribution in [0.1, 0.15) is 36.9 Å². The SMILES string of the molecule is CCOc1ccc(C2NC(=O)N(c3cccc(C)c3)C(C)=C2c2nc(-c3ccccc3)no2)cc1. The number of rotatable bonds is 6. The van der Waals surface area contributed by atoms with Crippen LogP contribution >= 0.6 is 0 Å². The minimum absolute atomic E-state index is 0.224. The molecule has 0 spiro atoms. The van der Waals surface area contributed by atoms with Crippen molar-refractivity contribution in [3.8, 4) is 17.1 Å². The van der Waals surface area contributed by atoms with Gasteiger partial charge in [0.1, 0.15) is 5.75 Å². The third-order valence-corrected chi connectivity index (χ3v) is 5.96. The van der Waals surface area contributed by atoms with Gasteiger partial charge < -0.3 is 14.6 Å². The second-order valence-electron chi connectivity index (χ2n) is 8.35. The second-order valence-corrected chi connectivity index (χ2v) is 8.35. The van der Waals surface area contributed by atoms with Crippen LogP contribution in [-0.4, -0.2) is 22.8 Å². The van der Waals surface area contributed by atoms with Gasteiger partial charge >= 0.3 is 6.03 Å². The standard InChI is InChI=1S/C28H26N4O3/c1-4-34-23-15-13-20(14-16-23)25-24(27-30-26(31-35-27)21-10-6-5-7-11-21)19(3)32(28(33)29-25)22-12-8-9-18(2)17-22/h5-17,25H,4H2,1-3H3,(H,29,33). The lowest BCUT2D eigenvalue weighted by atomic mass is 9.94. The van der Waals surface area contributed by atoms with Gasteiger partial charge in [0.05, 0.1) is 23.9 Å². The molecule has 1 N–H and O–H groups in total. The van der Waals surface area contributed by atoms with Crippen molar-refractivity contribution in [2.24, 2.45) is 0 Å². The molecule has 5 rings (SSSR count). The Hall–Kier alpha value is -4.39. The number of hydrogen-bond acceptors (Lipinski definition) is 5. The van der Waals surface area contributed by atoms with Gasteiger partial charge in [-0.1, -0.05) is 59.8 Å². The lowest BCUT2D eigenvalue weighted by Gasteiger charge is -2.35. The lowest BCUT2D eigenvalue weighted by molar-refractivity contribution is 0.244. The molecule has 1 aliphatic heterocycles. The summed E-state index contributed by atoms with van der Waals surface area (Å²) in [5, 5.41) is 7.36. The van der Waals surface area contributed by atoms with Crippen molar-refractivity contribution in [1.29, 1.82) is 0 Å². The Morgan fingerprint density at radius 1 is 1.00 bits per heavy atom. The molecule has 7 nitrogen and oxygen atoms in total. The van der Waals surface area contributed by atoms with Crippen LogP contribution < -0.4 is 15.0 Å². The third kappa shape index (κ3) is 4.40. The molecule has 1 aromatic heterocycles. The summed E-state index contributed by atoms with van der Waals surface area (Å²) in [5.74, 6) is 1.62. The Morgan fingerprint density at radius 2 is 1.77 bits per heavy atom. The number of allylic oxidation sites excluding steroid dienone is 1. The number of benzene rings is 3. The number of carbonyl (C=O) groups is 1. The Bertz CT molecular complexity index is 1380. The molecular formula is C28H26N4O3. The summed E-state index contributed by atoms with van der Waals surface area (Å²) in [4.78, 5) is 19.7. The molecule has 1 atom stereocenters. The van der Waals surface area contributed by atoms with Crippen molar-refractivity contribution < 1.29 is 14.1 Å². The minimum Gasteiger partial charge on any atom is -0.494 e. The van der Waals surface area contributed by atoms with E-state index in [2.05, 4.69) is 10.5 Å². The molecule has 35 heavy (non-hydrogen) atoms. The van der Waals surface area contributed by atoms with Crippen molar-refractivity contribution in [3.05, 3.63) is 102 Å². The molecule has 0 bridgehead atoms. The fourth-order valence-electron chi connectivity index (χ4n) is 4.31. The van der Waals surface area contributed by atoms with Crippen molar-refractivity contribution in [2.75, 3.05) is 11.5 Å². The summed E-state index contributed by atoms with van der Waals surface area (Å²) in [6.45, 7) is 6.43. The number of nitrogens with one attached hydrogen (secondary N) is 1. The van der Waals surface area contributed by atoms with Crippen molar-refractivity contribution in [2.45, 2.75) is 26.8 Å². The van der Waals surface area contributed by atoms with E-state index in [4.69, 9.17) is 14.2 Å². The van der Waals surface area contributed by atoms with Gasteiger partial charge in [0, 0.05) is 11.3 Å². The van der Waals surface area contributed by atoms with E-state index in [1.54, 1.807) is 4.90 Å². The molecule has 1 unspecified atom stereocenters. The van der Waals surface area contributed by atoms with Crippen molar-refractivity contribution >= 4 is 17.3 Å². The average molecular weight is 467 g/mol. The Balaban J connectivity index is 1.63. The summed E-state index contributed by atoms with van der Waals surface area (Å²) in [6, 6.07) is 24.5. The number of ether oxygens (including phenoxy) is 1. The molecule has 0 radical (unpaired) electrons. The van der Waals surface area contributed by atoms with Crippen molar-refractivity contribution in [1.82, 2.24) is 15.5 Å². The second kappa shape index (κ2) is 9.46. The molecule has 0 fully saturated rings. The summed E-state index contributed by atoms with van der Waals surface area (Å²) in [5.41, 5.74) is 5.03. The first-order valence-corrected chi connectivity index (χ1v) is 11.6. The quantitative estimate of drug-likeness (QED) is 0.369. The predicted octanol–water partition coefficient (Wildman–Crippen LogP) is 6.15. The van der Waals surface area contributed by atoms with Crippen molar-refractivity contribution in [3.63, 3.8) is 0 Å². The smallest absolute Gasteiger partial charge is 0.326 e. The van der Waals surface area contributed by atoms with Crippen LogP contribution in [0.3, 0.4) is 0 Å². The van der Waals surface area contributed by atoms with Crippen LogP contribution in [0, 0.1) is 6.92 Å². The largest absolute Gasteiger partial charge is 0.494 e. The van der Waals surface area contributed by atoms with E-state index in [1.807, 2.05) is 99.6 Å². The number of carbonyl (C=O) groups excluding carboxylic acids is 1. The van der Waals surface area contributed by atoms with Gasteiger partial charge in [-0.3, -0.25) is 4.90 Å². The molecule has 2 amide bonds. The highest BCUT2D eigenvalue weighted by molar-refractivity contribution is 6.01. The van der Waals surface area contributed by atoms with Crippen LogP contribution in [0.15, 0.2) is 89.1 Å². The van der Waals surface area contributed by atoms with Crippen LogP contribution in [-0.2, 0) is 0 Å². The molecule has 2 heterocycles. The number of anilines is 1. The summed E-state index contributed by atoms with van der Waals surface area (Å²) in [6.07, 6.45) is 0. The normalized spacial score (nSPS) is 15.8. The maximum absolute atomic E-state index is 13.4. The van der Waals surface area contributed by atoms with Gasteiger partial charge in [0.2, 0.25) is 5.82 Å². The number of aryl methyl sites for hydroxylation is 1. The van der Waals surface area contributed by atoms with E-state index in [0.717, 1.165) is 39.4 Å². The number of amides is 2. The van der Waals surface area contributed by atoms with Crippen LogP contribution in [0.5, 0.6) is 5.75 Å². The molecule has 176 valence electrons. The third-order valence-electron chi connectivity index (χ3n) is 5.96. The zero-order valence-corrected chi connectivity index (χ0v) is 19.9. The molecule has 3 aromatic carbocycles. The number of hydrogen-bond donors (Lipinski definition) is 1. The van der Waals surface area contributed by atoms with Gasteiger partial charge in [-0.25, -0.2) is 4.79 Å². The van der Waals surface area contributed by atoms with Gasteiger partial charge in [-0.05, 0) is 56.2 Å². The predicted molar refractivity (Wildman–Crippen MR) is 135 cm³/mol. The van der Waals surface area contributed by atoms with Crippen LogP contribution in [0.2, 0.25) is 0 Å². The highest BCUT2D eigenvalue weighted by Crippen LogP contribution is 2.39. The fraction of sp³-hybridized carbons (Fsp3) is 0.179. The number of aromatic nitrogens is 2. The van der Waals surface area contributed by atoms with Gasteiger partial charge in [0.15, 0.2) is 0 Å². The molecule has 0 aliphatic carbocycles. The average Bonchev–Trinajstić information content (AvgIpc) is 3.35. The maximum atomic E-state index is 13.4. The molecule has 0 saturated carbocycles. The molecular weight excluding hydrogens is 440 g/mol. The van der Waals surface area contributed by atoms with Gasteiger partial charge in [0.25, 0.3) is 5.89 Å². The summed E-state index contributed by atoms with van der Waals surface area (Å²) < 4.78 is 11.4. The highest BCUT2D eigenvalue weighted by Gasteiger charge is 2.36. The van der Waals surface area contributed by atoms with E-state index < -0.39 is 6.04 Å². The minimum atomic E-state index is -0.469. The Morgan fingerprint density at radius 3 is 2.49 bits per heavy atom. The zero-order valence-electron chi connectivity index (χ0n) is 19.9. The molecule has 0 saturated heterocycles. The van der Waals surface area contributed by atoms with Gasteiger partial charge in [-0.2, -0.15) is 4.98 Å². The van der Waals surface area contributed by atoms with E-state index >= 15 is 0 Å². The Kier molecular flexibility index (Phi) is 6.06. The topological polar surface area (TPSA) is 80.5 Å². The monoisotopic (exact) mass is 466 g/mol. The molecule has 1 aliphatic rings.